The van der Waals surface area contributed by atoms with Crippen LogP contribution < -0.4 is 19.5 Å². The van der Waals surface area contributed by atoms with Crippen LogP contribution in [0.5, 0.6) is 17.2 Å². The molecule has 2 aromatic rings. The van der Waals surface area contributed by atoms with Gasteiger partial charge < -0.3 is 19.5 Å². The number of thiocarbonyl (C=S) groups is 1. The number of carbonyl (C=O) groups is 1. The summed E-state index contributed by atoms with van der Waals surface area (Å²) in [7, 11) is 4.57. The Morgan fingerprint density at radius 2 is 1.79 bits per heavy atom. The Morgan fingerprint density at radius 3 is 2.38 bits per heavy atom. The molecule has 0 saturated carbocycles. The highest BCUT2D eigenvalue weighted by Gasteiger charge is 2.32. The van der Waals surface area contributed by atoms with E-state index in [2.05, 4.69) is 5.32 Å². The number of amides is 1. The third-order valence-corrected chi connectivity index (χ3v) is 5.54. The van der Waals surface area contributed by atoms with Crippen molar-refractivity contribution in [1.29, 1.82) is 0 Å². The lowest BCUT2D eigenvalue weighted by Crippen LogP contribution is -2.33. The van der Waals surface area contributed by atoms with E-state index in [1.54, 1.807) is 36.4 Å². The first kappa shape index (κ1) is 20.9. The molecule has 1 fully saturated rings. The quantitative estimate of drug-likeness (QED) is 0.520. The van der Waals surface area contributed by atoms with Gasteiger partial charge in [0, 0.05) is 0 Å². The third-order valence-electron chi connectivity index (χ3n) is 4.16. The zero-order valence-electron chi connectivity index (χ0n) is 16.0. The summed E-state index contributed by atoms with van der Waals surface area (Å²) in [5.74, 6) is 0.766. The molecule has 1 N–H and O–H groups in total. The number of hydrogen-bond acceptors (Lipinski definition) is 7. The Labute approximate surface area is 177 Å². The fourth-order valence-corrected chi connectivity index (χ4v) is 4.00. The van der Waals surface area contributed by atoms with Gasteiger partial charge in [-0.3, -0.25) is 9.69 Å². The predicted molar refractivity (Wildman–Crippen MR) is 116 cm³/mol. The molecule has 3 rings (SSSR count). The van der Waals surface area contributed by atoms with E-state index < -0.39 is 5.82 Å². The van der Waals surface area contributed by atoms with Crippen LogP contribution in [0.25, 0.3) is 6.08 Å². The highest BCUT2D eigenvalue weighted by Crippen LogP contribution is 2.40. The Morgan fingerprint density at radius 1 is 1.14 bits per heavy atom. The Bertz CT molecular complexity index is 956. The van der Waals surface area contributed by atoms with Gasteiger partial charge in [-0.25, -0.2) is 4.39 Å². The first-order valence-electron chi connectivity index (χ1n) is 8.52. The SMILES string of the molecule is COc1cc(C=C2SC(=S)N(CNc3ccccc3F)C2=O)cc(OC)c1OC. The molecule has 0 spiro atoms. The molecular weight excluding hydrogens is 415 g/mol. The number of methoxy groups -OCH3 is 3. The molecule has 1 heterocycles. The van der Waals surface area contributed by atoms with E-state index in [0.717, 1.165) is 0 Å². The lowest BCUT2D eigenvalue weighted by molar-refractivity contribution is -0.121. The average molecular weight is 435 g/mol. The van der Waals surface area contributed by atoms with Crippen molar-refractivity contribution in [3.8, 4) is 17.2 Å². The van der Waals surface area contributed by atoms with E-state index in [1.807, 2.05) is 0 Å². The predicted octanol–water partition coefficient (Wildman–Crippen LogP) is 4.12. The lowest BCUT2D eigenvalue weighted by Gasteiger charge is -2.16. The minimum absolute atomic E-state index is 0.0677. The zero-order valence-corrected chi connectivity index (χ0v) is 17.7. The number of anilines is 1. The summed E-state index contributed by atoms with van der Waals surface area (Å²) in [6.45, 7) is 0.0677. The molecule has 1 aliphatic rings. The largest absolute Gasteiger partial charge is 0.493 e. The molecule has 1 aliphatic heterocycles. The van der Waals surface area contributed by atoms with Crippen LogP contribution in [-0.4, -0.2) is 43.1 Å². The second kappa shape index (κ2) is 9.15. The number of nitrogens with one attached hydrogen (secondary N) is 1. The van der Waals surface area contributed by atoms with Gasteiger partial charge in [0.15, 0.2) is 11.5 Å². The molecule has 0 radical (unpaired) electrons. The van der Waals surface area contributed by atoms with Crippen molar-refractivity contribution in [2.45, 2.75) is 0 Å². The Kier molecular flexibility index (Phi) is 6.60. The summed E-state index contributed by atoms with van der Waals surface area (Å²) in [5, 5.41) is 2.90. The van der Waals surface area contributed by atoms with Gasteiger partial charge >= 0.3 is 0 Å². The molecule has 2 aromatic carbocycles. The minimum Gasteiger partial charge on any atom is -0.493 e. The molecule has 0 unspecified atom stereocenters. The fraction of sp³-hybridized carbons (Fsp3) is 0.200. The van der Waals surface area contributed by atoms with E-state index >= 15 is 0 Å². The molecule has 6 nitrogen and oxygen atoms in total. The van der Waals surface area contributed by atoms with E-state index in [0.29, 0.717) is 37.7 Å². The summed E-state index contributed by atoms with van der Waals surface area (Å²) < 4.78 is 30.2. The van der Waals surface area contributed by atoms with Gasteiger partial charge in [-0.1, -0.05) is 36.1 Å². The van der Waals surface area contributed by atoms with Crippen molar-refractivity contribution in [2.75, 3.05) is 33.3 Å². The number of nitrogens with zero attached hydrogens (tertiary/aromatic N) is 1. The zero-order chi connectivity index (χ0) is 21.0. The molecule has 29 heavy (non-hydrogen) atoms. The standard InChI is InChI=1S/C20H19FN2O4S2/c1-25-15-8-12(9-16(26-2)18(15)27-3)10-17-19(24)23(20(28)29-17)11-22-14-7-5-4-6-13(14)21/h4-10,22H,11H2,1-3H3. The van der Waals surface area contributed by atoms with Crippen molar-refractivity contribution >= 4 is 46.0 Å². The van der Waals surface area contributed by atoms with E-state index in [4.69, 9.17) is 26.4 Å². The number of halogens is 1. The Balaban J connectivity index is 1.82. The third kappa shape index (κ3) is 4.46. The number of ether oxygens (including phenoxy) is 3. The van der Waals surface area contributed by atoms with E-state index in [1.165, 1.54) is 44.1 Å². The van der Waals surface area contributed by atoms with Gasteiger partial charge in [0.2, 0.25) is 5.75 Å². The van der Waals surface area contributed by atoms with Crippen LogP contribution >= 0.6 is 24.0 Å². The number of hydrogen-bond donors (Lipinski definition) is 1. The van der Waals surface area contributed by atoms with Crippen LogP contribution in [0.2, 0.25) is 0 Å². The molecule has 152 valence electrons. The van der Waals surface area contributed by atoms with Gasteiger partial charge in [-0.2, -0.15) is 0 Å². The van der Waals surface area contributed by atoms with Crippen LogP contribution in [0, 0.1) is 5.82 Å². The van der Waals surface area contributed by atoms with Gasteiger partial charge in [0.1, 0.15) is 10.1 Å². The lowest BCUT2D eigenvalue weighted by atomic mass is 10.1. The van der Waals surface area contributed by atoms with E-state index in [9.17, 15) is 9.18 Å². The summed E-state index contributed by atoms with van der Waals surface area (Å²) in [5.41, 5.74) is 0.997. The van der Waals surface area contributed by atoms with Crippen LogP contribution in [0.1, 0.15) is 5.56 Å². The van der Waals surface area contributed by atoms with Crippen molar-refractivity contribution in [3.05, 3.63) is 52.7 Å². The van der Waals surface area contributed by atoms with Crippen LogP contribution in [0.15, 0.2) is 41.3 Å². The highest BCUT2D eigenvalue weighted by molar-refractivity contribution is 8.26. The summed E-state index contributed by atoms with van der Waals surface area (Å²) in [4.78, 5) is 14.6. The van der Waals surface area contributed by atoms with Gasteiger partial charge in [0.05, 0.1) is 38.6 Å². The van der Waals surface area contributed by atoms with Crippen molar-refractivity contribution in [2.24, 2.45) is 0 Å². The molecule has 9 heteroatoms. The van der Waals surface area contributed by atoms with E-state index in [-0.39, 0.29) is 12.6 Å². The average Bonchev–Trinajstić information content (AvgIpc) is 2.99. The maximum atomic E-state index is 13.8. The summed E-state index contributed by atoms with van der Waals surface area (Å²) in [6, 6.07) is 9.73. The van der Waals surface area contributed by atoms with Crippen molar-refractivity contribution in [1.82, 2.24) is 4.90 Å². The van der Waals surface area contributed by atoms with Gasteiger partial charge in [-0.15, -0.1) is 0 Å². The number of carbonyl (C=O) groups excluding carboxylic acids is 1. The summed E-state index contributed by atoms with van der Waals surface area (Å²) >= 11 is 6.50. The minimum atomic E-state index is -0.397. The molecule has 0 bridgehead atoms. The maximum Gasteiger partial charge on any atom is 0.267 e. The fourth-order valence-electron chi connectivity index (χ4n) is 2.74. The van der Waals surface area contributed by atoms with Gasteiger partial charge in [0.25, 0.3) is 5.91 Å². The number of rotatable bonds is 7. The molecule has 0 atom stereocenters. The van der Waals surface area contributed by atoms with Crippen LogP contribution in [0.4, 0.5) is 10.1 Å². The topological polar surface area (TPSA) is 60.0 Å². The first-order valence-corrected chi connectivity index (χ1v) is 9.74. The van der Waals surface area contributed by atoms with Crippen molar-refractivity contribution in [3.63, 3.8) is 0 Å². The number of thioether (sulfide) groups is 1. The Hall–Kier alpha value is -2.78. The normalized spacial score (nSPS) is 15.0. The molecule has 1 saturated heterocycles. The van der Waals surface area contributed by atoms with Crippen molar-refractivity contribution < 1.29 is 23.4 Å². The molecule has 1 amide bonds. The molecular formula is C20H19FN2O4S2. The summed E-state index contributed by atoms with van der Waals surface area (Å²) in [6.07, 6.45) is 1.70. The first-order chi connectivity index (χ1) is 14.0. The second-order valence-electron chi connectivity index (χ2n) is 5.88. The molecule has 0 aromatic heterocycles. The second-order valence-corrected chi connectivity index (χ2v) is 7.56. The maximum absolute atomic E-state index is 13.8. The number of para-hydroxylation sites is 1. The smallest absolute Gasteiger partial charge is 0.267 e. The van der Waals surface area contributed by atoms with Gasteiger partial charge in [-0.05, 0) is 35.9 Å². The highest BCUT2D eigenvalue weighted by atomic mass is 32.2. The van der Waals surface area contributed by atoms with Crippen LogP contribution in [-0.2, 0) is 4.79 Å². The monoisotopic (exact) mass is 434 g/mol. The molecule has 0 aliphatic carbocycles. The number of benzene rings is 2. The van der Waals surface area contributed by atoms with Crippen LogP contribution in [0.3, 0.4) is 0 Å².